The van der Waals surface area contributed by atoms with Crippen LogP contribution in [0.15, 0.2) is 0 Å². The van der Waals surface area contributed by atoms with Crippen LogP contribution in [0.5, 0.6) is 0 Å². The fourth-order valence-corrected chi connectivity index (χ4v) is 3.04. The van der Waals surface area contributed by atoms with Crippen LogP contribution < -0.4 is 0 Å². The fourth-order valence-electron chi connectivity index (χ4n) is 3.04. The molecule has 0 aromatic rings. The lowest BCUT2D eigenvalue weighted by atomic mass is 9.64. The molecule has 0 saturated heterocycles. The van der Waals surface area contributed by atoms with E-state index in [9.17, 15) is 26.3 Å². The highest BCUT2D eigenvalue weighted by Gasteiger charge is 2.70. The van der Waals surface area contributed by atoms with E-state index in [1.807, 2.05) is 0 Å². The molecule has 18 heavy (non-hydrogen) atoms. The third-order valence-electron chi connectivity index (χ3n) is 4.17. The Hall–Kier alpha value is -0.420. The second kappa shape index (κ2) is 4.60. The Balaban J connectivity index is 3.12. The highest BCUT2D eigenvalue weighted by atomic mass is 19.4. The van der Waals surface area contributed by atoms with E-state index in [4.69, 9.17) is 0 Å². The molecule has 0 nitrogen and oxygen atoms in total. The lowest BCUT2D eigenvalue weighted by Gasteiger charge is -2.45. The lowest BCUT2D eigenvalue weighted by molar-refractivity contribution is -0.355. The predicted octanol–water partition coefficient (Wildman–Crippen LogP) is 5.19. The van der Waals surface area contributed by atoms with Gasteiger partial charge in [-0.15, -0.1) is 0 Å². The van der Waals surface area contributed by atoms with E-state index in [0.29, 0.717) is 13.3 Å². The van der Waals surface area contributed by atoms with Gasteiger partial charge >= 0.3 is 12.4 Å². The maximum absolute atomic E-state index is 12.9. The van der Waals surface area contributed by atoms with Crippen molar-refractivity contribution in [3.05, 3.63) is 0 Å². The maximum Gasteiger partial charge on any atom is 0.403 e. The van der Waals surface area contributed by atoms with Gasteiger partial charge in [0, 0.05) is 0 Å². The van der Waals surface area contributed by atoms with Gasteiger partial charge in [0.1, 0.15) is 0 Å². The van der Waals surface area contributed by atoms with Gasteiger partial charge in [-0.1, -0.05) is 13.8 Å². The fraction of sp³-hybridized carbons (Fsp3) is 1.00. The molecule has 6 heteroatoms. The quantitative estimate of drug-likeness (QED) is 0.578. The molecule has 1 aliphatic carbocycles. The third-order valence-corrected chi connectivity index (χ3v) is 4.17. The SMILES string of the molecule is CC1CC(C)CC(C(C)(C(F)(F)F)C(F)(F)F)C1. The second-order valence-corrected chi connectivity index (χ2v) is 5.81. The summed E-state index contributed by atoms with van der Waals surface area (Å²) in [6, 6.07) is 0. The molecular formula is C12H18F6. The minimum Gasteiger partial charge on any atom is -0.170 e. The zero-order valence-corrected chi connectivity index (χ0v) is 10.6. The van der Waals surface area contributed by atoms with Crippen molar-refractivity contribution in [3.8, 4) is 0 Å². The first-order valence-corrected chi connectivity index (χ1v) is 6.03. The van der Waals surface area contributed by atoms with E-state index in [1.165, 1.54) is 0 Å². The van der Waals surface area contributed by atoms with Crippen molar-refractivity contribution in [2.75, 3.05) is 0 Å². The predicted molar refractivity (Wildman–Crippen MR) is 55.9 cm³/mol. The molecule has 0 bridgehead atoms. The number of halogens is 6. The van der Waals surface area contributed by atoms with Gasteiger partial charge in [-0.25, -0.2) is 0 Å². The third kappa shape index (κ3) is 2.62. The van der Waals surface area contributed by atoms with Crippen LogP contribution in [-0.4, -0.2) is 12.4 Å². The van der Waals surface area contributed by atoms with Gasteiger partial charge in [-0.3, -0.25) is 0 Å². The van der Waals surface area contributed by atoms with Crippen LogP contribution in [0, 0.1) is 23.2 Å². The minimum absolute atomic E-state index is 0.0140. The summed E-state index contributed by atoms with van der Waals surface area (Å²) in [5.74, 6) is -1.57. The van der Waals surface area contributed by atoms with Crippen LogP contribution in [0.3, 0.4) is 0 Å². The smallest absolute Gasteiger partial charge is 0.170 e. The minimum atomic E-state index is -5.26. The molecular weight excluding hydrogens is 258 g/mol. The Bertz CT molecular complexity index is 266. The van der Waals surface area contributed by atoms with Gasteiger partial charge in [0.2, 0.25) is 0 Å². The van der Waals surface area contributed by atoms with Crippen LogP contribution in [0.2, 0.25) is 0 Å². The van der Waals surface area contributed by atoms with E-state index in [-0.39, 0.29) is 24.7 Å². The van der Waals surface area contributed by atoms with Crippen molar-refractivity contribution in [2.45, 2.75) is 52.4 Å². The Morgan fingerprint density at radius 3 is 1.33 bits per heavy atom. The van der Waals surface area contributed by atoms with Crippen LogP contribution >= 0.6 is 0 Å². The molecule has 2 unspecified atom stereocenters. The number of hydrogen-bond acceptors (Lipinski definition) is 0. The molecule has 1 saturated carbocycles. The Morgan fingerprint density at radius 2 is 1.06 bits per heavy atom. The van der Waals surface area contributed by atoms with Crippen LogP contribution in [0.1, 0.15) is 40.0 Å². The van der Waals surface area contributed by atoms with Gasteiger partial charge in [0.05, 0.1) is 0 Å². The van der Waals surface area contributed by atoms with Crippen LogP contribution in [0.25, 0.3) is 0 Å². The van der Waals surface area contributed by atoms with Crippen molar-refractivity contribution in [2.24, 2.45) is 23.2 Å². The molecule has 1 rings (SSSR count). The topological polar surface area (TPSA) is 0 Å². The Morgan fingerprint density at radius 1 is 0.722 bits per heavy atom. The van der Waals surface area contributed by atoms with Crippen molar-refractivity contribution in [1.82, 2.24) is 0 Å². The molecule has 0 radical (unpaired) electrons. The molecule has 0 heterocycles. The number of rotatable bonds is 1. The monoisotopic (exact) mass is 276 g/mol. The Kier molecular flexibility index (Phi) is 4.00. The van der Waals surface area contributed by atoms with Crippen molar-refractivity contribution < 1.29 is 26.3 Å². The van der Waals surface area contributed by atoms with Crippen molar-refractivity contribution >= 4 is 0 Å². The molecule has 0 amide bonds. The molecule has 0 aliphatic heterocycles. The molecule has 2 atom stereocenters. The van der Waals surface area contributed by atoms with Gasteiger partial charge in [0.15, 0.2) is 5.41 Å². The molecule has 0 spiro atoms. The highest BCUT2D eigenvalue weighted by molar-refractivity contribution is 4.97. The summed E-state index contributed by atoms with van der Waals surface area (Å²) in [5, 5.41) is 0. The average molecular weight is 276 g/mol. The zero-order chi connectivity index (χ0) is 14.4. The van der Waals surface area contributed by atoms with E-state index < -0.39 is 23.7 Å². The van der Waals surface area contributed by atoms with E-state index in [0.717, 1.165) is 0 Å². The highest BCUT2D eigenvalue weighted by Crippen LogP contribution is 2.59. The molecule has 0 aromatic heterocycles. The summed E-state index contributed by atoms with van der Waals surface area (Å²) < 4.78 is 77.5. The number of alkyl halides is 6. The number of hydrogen-bond donors (Lipinski definition) is 0. The largest absolute Gasteiger partial charge is 0.403 e. The van der Waals surface area contributed by atoms with Crippen molar-refractivity contribution in [1.29, 1.82) is 0 Å². The summed E-state index contributed by atoms with van der Waals surface area (Å²) >= 11 is 0. The first kappa shape index (κ1) is 15.6. The van der Waals surface area contributed by atoms with Crippen LogP contribution in [-0.2, 0) is 0 Å². The van der Waals surface area contributed by atoms with E-state index >= 15 is 0 Å². The lowest BCUT2D eigenvalue weighted by Crippen LogP contribution is -2.54. The summed E-state index contributed by atoms with van der Waals surface area (Å²) in [6.07, 6.45) is -9.85. The summed E-state index contributed by atoms with van der Waals surface area (Å²) in [6.45, 7) is 3.74. The van der Waals surface area contributed by atoms with Gasteiger partial charge in [-0.05, 0) is 43.9 Å². The summed E-state index contributed by atoms with van der Waals surface area (Å²) in [4.78, 5) is 0. The van der Waals surface area contributed by atoms with Crippen LogP contribution in [0.4, 0.5) is 26.3 Å². The summed E-state index contributed by atoms with van der Waals surface area (Å²) in [5.41, 5.74) is -3.59. The second-order valence-electron chi connectivity index (χ2n) is 5.81. The van der Waals surface area contributed by atoms with E-state index in [1.54, 1.807) is 13.8 Å². The molecule has 108 valence electrons. The zero-order valence-electron chi connectivity index (χ0n) is 10.6. The van der Waals surface area contributed by atoms with Gasteiger partial charge < -0.3 is 0 Å². The Labute approximate surface area is 103 Å². The normalized spacial score (nSPS) is 31.5. The molecule has 0 N–H and O–H groups in total. The first-order valence-electron chi connectivity index (χ1n) is 6.03. The standard InChI is InChI=1S/C12H18F6/c1-7-4-8(2)6-9(5-7)10(3,11(13,14)15)12(16,17)18/h7-9H,4-6H2,1-3H3. The summed E-state index contributed by atoms with van der Waals surface area (Å²) in [7, 11) is 0. The molecule has 0 aromatic carbocycles. The average Bonchev–Trinajstić information content (AvgIpc) is 2.11. The van der Waals surface area contributed by atoms with Gasteiger partial charge in [0.25, 0.3) is 0 Å². The molecule has 1 aliphatic rings. The first-order chi connectivity index (χ1) is 7.89. The molecule has 1 fully saturated rings. The van der Waals surface area contributed by atoms with Crippen molar-refractivity contribution in [3.63, 3.8) is 0 Å². The van der Waals surface area contributed by atoms with E-state index in [2.05, 4.69) is 0 Å². The maximum atomic E-state index is 12.9. The van der Waals surface area contributed by atoms with Gasteiger partial charge in [-0.2, -0.15) is 26.3 Å².